The summed E-state index contributed by atoms with van der Waals surface area (Å²) in [5.41, 5.74) is 6.19. The Labute approximate surface area is 104 Å². The predicted molar refractivity (Wildman–Crippen MR) is 70.0 cm³/mol. The number of hydrogen-bond donors (Lipinski definition) is 2. The second kappa shape index (κ2) is 6.39. The summed E-state index contributed by atoms with van der Waals surface area (Å²) in [6, 6.07) is 7.05. The van der Waals surface area contributed by atoms with E-state index < -0.39 is 10.8 Å². The lowest BCUT2D eigenvalue weighted by molar-refractivity contribution is -0.121. The molecule has 0 aliphatic carbocycles. The van der Waals surface area contributed by atoms with Crippen molar-refractivity contribution in [3.63, 3.8) is 0 Å². The van der Waals surface area contributed by atoms with Crippen LogP contribution in [0.2, 0.25) is 0 Å². The number of carbonyl (C=O) groups is 1. The molecule has 17 heavy (non-hydrogen) atoms. The maximum atomic E-state index is 11.9. The molecule has 0 radical (unpaired) electrons. The van der Waals surface area contributed by atoms with Crippen molar-refractivity contribution in [1.82, 2.24) is 5.32 Å². The molecule has 0 saturated heterocycles. The number of anilines is 1. The lowest BCUT2D eigenvalue weighted by Crippen LogP contribution is -2.30. The molecule has 1 aromatic rings. The Hall–Kier alpha value is -1.36. The van der Waals surface area contributed by atoms with E-state index in [-0.39, 0.29) is 18.4 Å². The van der Waals surface area contributed by atoms with Crippen LogP contribution in [0.5, 0.6) is 0 Å². The average Bonchev–Trinajstić information content (AvgIpc) is 2.25. The Bertz CT molecular complexity index is 419. The molecule has 0 heterocycles. The van der Waals surface area contributed by atoms with E-state index in [2.05, 4.69) is 5.32 Å². The first-order valence-electron chi connectivity index (χ1n) is 5.52. The molecule has 0 fully saturated rings. The molecule has 0 aromatic heterocycles. The third kappa shape index (κ3) is 4.99. The van der Waals surface area contributed by atoms with Crippen LogP contribution in [-0.2, 0) is 15.6 Å². The molecule has 0 saturated carbocycles. The molecule has 1 rings (SSSR count). The summed E-state index contributed by atoms with van der Waals surface area (Å²) in [5, 5.41) is 2.76. The van der Waals surface area contributed by atoms with Crippen molar-refractivity contribution >= 4 is 22.4 Å². The fourth-order valence-electron chi connectivity index (χ4n) is 1.35. The number of amides is 1. The molecule has 4 nitrogen and oxygen atoms in total. The predicted octanol–water partition coefficient (Wildman–Crippen LogP) is 1.29. The van der Waals surface area contributed by atoms with E-state index in [1.54, 1.807) is 24.3 Å². The molecular weight excluding hydrogens is 236 g/mol. The summed E-state index contributed by atoms with van der Waals surface area (Å²) in [6.07, 6.45) is 0.263. The van der Waals surface area contributed by atoms with Gasteiger partial charge in [0.1, 0.15) is 0 Å². The van der Waals surface area contributed by atoms with Crippen molar-refractivity contribution in [1.29, 1.82) is 0 Å². The summed E-state index contributed by atoms with van der Waals surface area (Å²) in [4.78, 5) is 12.1. The van der Waals surface area contributed by atoms with Crippen LogP contribution < -0.4 is 11.1 Å². The van der Waals surface area contributed by atoms with Crippen molar-refractivity contribution in [2.45, 2.75) is 31.2 Å². The van der Waals surface area contributed by atoms with Crippen LogP contribution in [0, 0.1) is 0 Å². The van der Waals surface area contributed by atoms with Crippen LogP contribution in [0.25, 0.3) is 0 Å². The minimum absolute atomic E-state index is 0.0720. The summed E-state index contributed by atoms with van der Waals surface area (Å²) < 4.78 is 11.9. The average molecular weight is 254 g/mol. The maximum Gasteiger partial charge on any atom is 0.221 e. The van der Waals surface area contributed by atoms with Crippen molar-refractivity contribution in [2.75, 3.05) is 11.5 Å². The minimum atomic E-state index is -1.17. The Morgan fingerprint density at radius 1 is 1.47 bits per heavy atom. The van der Waals surface area contributed by atoms with E-state index in [0.717, 1.165) is 0 Å². The maximum absolute atomic E-state index is 11.9. The zero-order valence-corrected chi connectivity index (χ0v) is 10.9. The van der Waals surface area contributed by atoms with E-state index in [1.165, 1.54) is 0 Å². The van der Waals surface area contributed by atoms with Gasteiger partial charge in [-0.2, -0.15) is 0 Å². The van der Waals surface area contributed by atoms with E-state index in [0.29, 0.717) is 16.3 Å². The molecule has 94 valence electrons. The SMILES string of the molecule is CC(C)NC(=O)CCS(=O)c1cccc(N)c1. The van der Waals surface area contributed by atoms with Crippen LogP contribution in [0.1, 0.15) is 20.3 Å². The van der Waals surface area contributed by atoms with E-state index in [9.17, 15) is 9.00 Å². The number of rotatable bonds is 5. The molecular formula is C12H18N2O2S. The molecule has 5 heteroatoms. The van der Waals surface area contributed by atoms with Crippen LogP contribution >= 0.6 is 0 Å². The van der Waals surface area contributed by atoms with Gasteiger partial charge in [-0.3, -0.25) is 9.00 Å². The Morgan fingerprint density at radius 3 is 2.76 bits per heavy atom. The molecule has 1 atom stereocenters. The number of nitrogen functional groups attached to an aromatic ring is 1. The monoisotopic (exact) mass is 254 g/mol. The third-order valence-electron chi connectivity index (χ3n) is 2.09. The van der Waals surface area contributed by atoms with Gasteiger partial charge in [-0.15, -0.1) is 0 Å². The highest BCUT2D eigenvalue weighted by Crippen LogP contribution is 2.11. The van der Waals surface area contributed by atoms with E-state index >= 15 is 0 Å². The van der Waals surface area contributed by atoms with Gasteiger partial charge in [-0.05, 0) is 32.0 Å². The lowest BCUT2D eigenvalue weighted by Gasteiger charge is -2.08. The summed E-state index contributed by atoms with van der Waals surface area (Å²) in [5.74, 6) is 0.249. The molecule has 0 aliphatic rings. The largest absolute Gasteiger partial charge is 0.399 e. The Kier molecular flexibility index (Phi) is 5.15. The molecule has 0 aliphatic heterocycles. The first-order chi connectivity index (χ1) is 7.99. The quantitative estimate of drug-likeness (QED) is 0.778. The number of hydrogen-bond acceptors (Lipinski definition) is 3. The minimum Gasteiger partial charge on any atom is -0.399 e. The van der Waals surface area contributed by atoms with Gasteiger partial charge in [0.2, 0.25) is 5.91 Å². The fraction of sp³-hybridized carbons (Fsp3) is 0.417. The van der Waals surface area contributed by atoms with Gasteiger partial charge in [0.15, 0.2) is 0 Å². The second-order valence-electron chi connectivity index (χ2n) is 4.09. The second-order valence-corrected chi connectivity index (χ2v) is 5.67. The molecule has 3 N–H and O–H groups in total. The van der Waals surface area contributed by atoms with Crippen LogP contribution in [0.4, 0.5) is 5.69 Å². The highest BCUT2D eigenvalue weighted by atomic mass is 32.2. The number of nitrogens with one attached hydrogen (secondary N) is 1. The van der Waals surface area contributed by atoms with Gasteiger partial charge in [-0.25, -0.2) is 0 Å². The summed E-state index contributed by atoms with van der Waals surface area (Å²) >= 11 is 0. The molecule has 1 amide bonds. The molecule has 1 unspecified atom stereocenters. The number of nitrogens with two attached hydrogens (primary N) is 1. The topological polar surface area (TPSA) is 72.2 Å². The Balaban J connectivity index is 2.48. The smallest absolute Gasteiger partial charge is 0.221 e. The van der Waals surface area contributed by atoms with E-state index in [1.807, 2.05) is 13.8 Å². The highest BCUT2D eigenvalue weighted by Gasteiger charge is 2.08. The molecule has 0 bridgehead atoms. The lowest BCUT2D eigenvalue weighted by atomic mass is 10.3. The normalized spacial score (nSPS) is 12.4. The zero-order chi connectivity index (χ0) is 12.8. The van der Waals surface area contributed by atoms with Gasteiger partial charge in [-0.1, -0.05) is 6.07 Å². The summed E-state index contributed by atoms with van der Waals surface area (Å²) in [6.45, 7) is 3.79. The van der Waals surface area contributed by atoms with Crippen LogP contribution in [0.3, 0.4) is 0 Å². The van der Waals surface area contributed by atoms with Crippen LogP contribution in [0.15, 0.2) is 29.2 Å². The zero-order valence-electron chi connectivity index (χ0n) is 10.1. The summed E-state index contributed by atoms with van der Waals surface area (Å²) in [7, 11) is -1.17. The first-order valence-corrected chi connectivity index (χ1v) is 6.84. The van der Waals surface area contributed by atoms with Crippen molar-refractivity contribution in [2.24, 2.45) is 0 Å². The van der Waals surface area contributed by atoms with Crippen molar-refractivity contribution in [3.8, 4) is 0 Å². The highest BCUT2D eigenvalue weighted by molar-refractivity contribution is 7.85. The first kappa shape index (κ1) is 13.7. The van der Waals surface area contributed by atoms with Gasteiger partial charge in [0, 0.05) is 28.8 Å². The number of carbonyl (C=O) groups excluding carboxylic acids is 1. The van der Waals surface area contributed by atoms with E-state index in [4.69, 9.17) is 5.73 Å². The van der Waals surface area contributed by atoms with Crippen molar-refractivity contribution in [3.05, 3.63) is 24.3 Å². The Morgan fingerprint density at radius 2 is 2.18 bits per heavy atom. The molecule has 1 aromatic carbocycles. The third-order valence-corrected chi connectivity index (χ3v) is 3.44. The van der Waals surface area contributed by atoms with Gasteiger partial charge in [0.05, 0.1) is 10.8 Å². The van der Waals surface area contributed by atoms with Gasteiger partial charge < -0.3 is 11.1 Å². The standard InChI is InChI=1S/C12H18N2O2S/c1-9(2)14-12(15)6-7-17(16)11-5-3-4-10(13)8-11/h3-5,8-9H,6-7,13H2,1-2H3,(H,14,15). The number of benzene rings is 1. The van der Waals surface area contributed by atoms with Gasteiger partial charge in [0.25, 0.3) is 0 Å². The van der Waals surface area contributed by atoms with Crippen molar-refractivity contribution < 1.29 is 9.00 Å². The molecule has 0 spiro atoms. The van der Waals surface area contributed by atoms with Gasteiger partial charge >= 0.3 is 0 Å². The van der Waals surface area contributed by atoms with Crippen LogP contribution in [-0.4, -0.2) is 21.9 Å². The fourth-order valence-corrected chi connectivity index (χ4v) is 2.46.